The third-order valence-electron chi connectivity index (χ3n) is 2.99. The van der Waals surface area contributed by atoms with E-state index in [9.17, 15) is 0 Å². The SMILES string of the molecule is C=CCNC(=NCc1ccc2c(c1)OCCCO2)NCC.I. The zero-order valence-corrected chi connectivity index (χ0v) is 15.3. The average Bonchev–Trinajstić information content (AvgIpc) is 2.74. The predicted octanol–water partition coefficient (Wildman–Crippen LogP) is 2.71. The van der Waals surface area contributed by atoms with Crippen molar-refractivity contribution < 1.29 is 9.47 Å². The molecular formula is C16H24IN3O2. The minimum Gasteiger partial charge on any atom is -0.490 e. The van der Waals surface area contributed by atoms with Crippen LogP contribution < -0.4 is 20.1 Å². The van der Waals surface area contributed by atoms with Crippen molar-refractivity contribution in [3.63, 3.8) is 0 Å². The van der Waals surface area contributed by atoms with Crippen molar-refractivity contribution in [3.05, 3.63) is 36.4 Å². The van der Waals surface area contributed by atoms with E-state index in [2.05, 4.69) is 22.2 Å². The summed E-state index contributed by atoms with van der Waals surface area (Å²) in [6.45, 7) is 9.24. The molecule has 0 aromatic heterocycles. The molecule has 0 saturated carbocycles. The van der Waals surface area contributed by atoms with Crippen molar-refractivity contribution in [1.29, 1.82) is 0 Å². The van der Waals surface area contributed by atoms with E-state index in [4.69, 9.17) is 9.47 Å². The van der Waals surface area contributed by atoms with Gasteiger partial charge in [-0.15, -0.1) is 30.6 Å². The first kappa shape index (κ1) is 18.6. The van der Waals surface area contributed by atoms with Gasteiger partial charge in [-0.3, -0.25) is 0 Å². The zero-order chi connectivity index (χ0) is 14.9. The minimum atomic E-state index is 0. The van der Waals surface area contributed by atoms with E-state index in [1.807, 2.05) is 25.1 Å². The Labute approximate surface area is 149 Å². The second-order valence-electron chi connectivity index (χ2n) is 4.70. The van der Waals surface area contributed by atoms with E-state index < -0.39 is 0 Å². The summed E-state index contributed by atoms with van der Waals surface area (Å²) in [6, 6.07) is 5.98. The van der Waals surface area contributed by atoms with Crippen molar-refractivity contribution in [1.82, 2.24) is 10.6 Å². The van der Waals surface area contributed by atoms with Crippen LogP contribution in [0.1, 0.15) is 18.9 Å². The highest BCUT2D eigenvalue weighted by atomic mass is 127. The van der Waals surface area contributed by atoms with Crippen molar-refractivity contribution in [3.8, 4) is 11.5 Å². The van der Waals surface area contributed by atoms with E-state index >= 15 is 0 Å². The van der Waals surface area contributed by atoms with E-state index in [0.717, 1.165) is 36.0 Å². The van der Waals surface area contributed by atoms with Crippen molar-refractivity contribution in [2.24, 2.45) is 4.99 Å². The third-order valence-corrected chi connectivity index (χ3v) is 2.99. The number of benzene rings is 1. The molecule has 22 heavy (non-hydrogen) atoms. The van der Waals surface area contributed by atoms with Gasteiger partial charge in [-0.05, 0) is 24.6 Å². The van der Waals surface area contributed by atoms with Gasteiger partial charge >= 0.3 is 0 Å². The van der Waals surface area contributed by atoms with Gasteiger partial charge in [0.05, 0.1) is 19.8 Å². The van der Waals surface area contributed by atoms with E-state index in [1.165, 1.54) is 0 Å². The smallest absolute Gasteiger partial charge is 0.191 e. The van der Waals surface area contributed by atoms with Gasteiger partial charge in [0.1, 0.15) is 0 Å². The number of nitrogens with zero attached hydrogens (tertiary/aromatic N) is 1. The summed E-state index contributed by atoms with van der Waals surface area (Å²) in [5, 5.41) is 6.37. The first-order chi connectivity index (χ1) is 10.3. The van der Waals surface area contributed by atoms with Crippen LogP contribution in [0.15, 0.2) is 35.8 Å². The largest absolute Gasteiger partial charge is 0.490 e. The van der Waals surface area contributed by atoms with Gasteiger partial charge in [0, 0.05) is 19.5 Å². The molecular weight excluding hydrogens is 393 g/mol. The van der Waals surface area contributed by atoms with Gasteiger partial charge < -0.3 is 20.1 Å². The maximum Gasteiger partial charge on any atom is 0.191 e. The number of fused-ring (bicyclic) bond motifs is 1. The Morgan fingerprint density at radius 1 is 1.27 bits per heavy atom. The molecule has 1 aliphatic heterocycles. The van der Waals surface area contributed by atoms with Gasteiger partial charge in [-0.25, -0.2) is 4.99 Å². The summed E-state index contributed by atoms with van der Waals surface area (Å²) in [6.07, 6.45) is 2.72. The number of hydrogen-bond acceptors (Lipinski definition) is 3. The second-order valence-corrected chi connectivity index (χ2v) is 4.70. The second kappa shape index (κ2) is 10.3. The molecule has 1 heterocycles. The Bertz CT molecular complexity index is 506. The summed E-state index contributed by atoms with van der Waals surface area (Å²) in [7, 11) is 0. The molecule has 1 aromatic carbocycles. The van der Waals surface area contributed by atoms with E-state index in [-0.39, 0.29) is 24.0 Å². The van der Waals surface area contributed by atoms with Crippen LogP contribution in [0, 0.1) is 0 Å². The summed E-state index contributed by atoms with van der Waals surface area (Å²) in [4.78, 5) is 4.54. The molecule has 5 nitrogen and oxygen atoms in total. The molecule has 0 spiro atoms. The standard InChI is InChI=1S/C16H23N3O2.HI/c1-3-8-18-16(17-4-2)19-12-13-6-7-14-15(11-13)21-10-5-9-20-14;/h3,6-7,11H,1,4-5,8-10,12H2,2H3,(H2,17,18,19);1H. The maximum atomic E-state index is 5.69. The van der Waals surface area contributed by atoms with Crippen LogP contribution in [0.2, 0.25) is 0 Å². The molecule has 2 N–H and O–H groups in total. The molecule has 1 aliphatic rings. The molecule has 1 aromatic rings. The fourth-order valence-electron chi connectivity index (χ4n) is 1.99. The van der Waals surface area contributed by atoms with Crippen molar-refractivity contribution >= 4 is 29.9 Å². The van der Waals surface area contributed by atoms with Crippen LogP contribution in [-0.2, 0) is 6.54 Å². The molecule has 2 rings (SSSR count). The van der Waals surface area contributed by atoms with Crippen LogP contribution in [0.5, 0.6) is 11.5 Å². The Morgan fingerprint density at radius 3 is 2.77 bits per heavy atom. The Hall–Kier alpha value is -1.44. The van der Waals surface area contributed by atoms with Crippen LogP contribution in [-0.4, -0.2) is 32.3 Å². The Kier molecular flexibility index (Phi) is 8.72. The number of hydrogen-bond donors (Lipinski definition) is 2. The number of ether oxygens (including phenoxy) is 2. The highest BCUT2D eigenvalue weighted by Crippen LogP contribution is 2.30. The first-order valence-corrected chi connectivity index (χ1v) is 7.35. The topological polar surface area (TPSA) is 54.9 Å². The Balaban J connectivity index is 0.00000242. The number of guanidine groups is 1. The molecule has 0 amide bonds. The fraction of sp³-hybridized carbons (Fsp3) is 0.438. The van der Waals surface area contributed by atoms with E-state index in [0.29, 0.717) is 26.3 Å². The lowest BCUT2D eigenvalue weighted by molar-refractivity contribution is 0.297. The molecule has 0 bridgehead atoms. The monoisotopic (exact) mass is 417 g/mol. The normalized spacial score (nSPS) is 13.6. The highest BCUT2D eigenvalue weighted by Gasteiger charge is 2.10. The van der Waals surface area contributed by atoms with Crippen LogP contribution >= 0.6 is 24.0 Å². The summed E-state index contributed by atoms with van der Waals surface area (Å²) in [5.41, 5.74) is 1.09. The van der Waals surface area contributed by atoms with Gasteiger partial charge in [-0.1, -0.05) is 12.1 Å². The molecule has 0 aliphatic carbocycles. The third kappa shape index (κ3) is 5.75. The van der Waals surface area contributed by atoms with Crippen LogP contribution in [0.3, 0.4) is 0 Å². The fourth-order valence-corrected chi connectivity index (χ4v) is 1.99. The molecule has 0 radical (unpaired) electrons. The lowest BCUT2D eigenvalue weighted by atomic mass is 10.2. The van der Waals surface area contributed by atoms with Crippen molar-refractivity contribution in [2.75, 3.05) is 26.3 Å². The number of aliphatic imine (C=N–C) groups is 1. The predicted molar refractivity (Wildman–Crippen MR) is 100 cm³/mol. The average molecular weight is 417 g/mol. The van der Waals surface area contributed by atoms with Crippen LogP contribution in [0.4, 0.5) is 0 Å². The number of rotatable bonds is 5. The van der Waals surface area contributed by atoms with Crippen molar-refractivity contribution in [2.45, 2.75) is 19.9 Å². The van der Waals surface area contributed by atoms with Gasteiger partial charge in [0.2, 0.25) is 0 Å². The van der Waals surface area contributed by atoms with Gasteiger partial charge in [0.15, 0.2) is 17.5 Å². The van der Waals surface area contributed by atoms with Gasteiger partial charge in [0.25, 0.3) is 0 Å². The molecule has 0 atom stereocenters. The van der Waals surface area contributed by atoms with E-state index in [1.54, 1.807) is 6.08 Å². The molecule has 6 heteroatoms. The summed E-state index contributed by atoms with van der Waals surface area (Å²) >= 11 is 0. The molecule has 0 saturated heterocycles. The number of nitrogens with one attached hydrogen (secondary N) is 2. The zero-order valence-electron chi connectivity index (χ0n) is 12.9. The summed E-state index contributed by atoms with van der Waals surface area (Å²) < 4.78 is 11.3. The lowest BCUT2D eigenvalue weighted by Gasteiger charge is -2.11. The van der Waals surface area contributed by atoms with Crippen LogP contribution in [0.25, 0.3) is 0 Å². The highest BCUT2D eigenvalue weighted by molar-refractivity contribution is 14.0. The first-order valence-electron chi connectivity index (χ1n) is 7.35. The molecule has 122 valence electrons. The minimum absolute atomic E-state index is 0. The lowest BCUT2D eigenvalue weighted by Crippen LogP contribution is -2.37. The van der Waals surface area contributed by atoms with Gasteiger partial charge in [-0.2, -0.15) is 0 Å². The Morgan fingerprint density at radius 2 is 2.05 bits per heavy atom. The molecule has 0 fully saturated rings. The quantitative estimate of drug-likeness (QED) is 0.335. The molecule has 0 unspecified atom stereocenters. The maximum absolute atomic E-state index is 5.69. The summed E-state index contributed by atoms with van der Waals surface area (Å²) in [5.74, 6) is 2.41. The number of halogens is 1.